The molecule has 1 aromatic rings. The number of guanidine groups is 1. The lowest BCUT2D eigenvalue weighted by Gasteiger charge is -2.09. The number of nitrogens with zero attached hydrogens (tertiary/aromatic N) is 2. The highest BCUT2D eigenvalue weighted by Crippen LogP contribution is 1.99. The molecule has 0 saturated carbocycles. The van der Waals surface area contributed by atoms with Gasteiger partial charge < -0.3 is 16.4 Å². The van der Waals surface area contributed by atoms with E-state index in [1.54, 1.807) is 12.4 Å². The molecule has 0 spiro atoms. The van der Waals surface area contributed by atoms with Gasteiger partial charge in [0.25, 0.3) is 0 Å². The largest absolute Gasteiger partial charge is 0.370 e. The van der Waals surface area contributed by atoms with Crippen molar-refractivity contribution in [3.05, 3.63) is 30.1 Å². The number of nitrogens with two attached hydrogens (primary N) is 1. The molecule has 0 aliphatic rings. The predicted molar refractivity (Wildman–Crippen MR) is 78.5 cm³/mol. The molecule has 5 nitrogen and oxygen atoms in total. The van der Waals surface area contributed by atoms with E-state index < -0.39 is 0 Å². The molecule has 0 aromatic carbocycles. The zero-order valence-electron chi connectivity index (χ0n) is 10.5. The van der Waals surface area contributed by atoms with Crippen molar-refractivity contribution in [1.82, 2.24) is 15.6 Å². The van der Waals surface area contributed by atoms with Gasteiger partial charge in [0.05, 0.1) is 0 Å². The monoisotopic (exact) mass is 265 g/mol. The fourth-order valence-electron chi connectivity index (χ4n) is 1.41. The van der Waals surface area contributed by atoms with Gasteiger partial charge in [-0.3, -0.25) is 9.98 Å². The number of aliphatic imine (C=N–C) groups is 1. The topological polar surface area (TPSA) is 75.3 Å². The summed E-state index contributed by atoms with van der Waals surface area (Å²) >= 11 is 5.08. The summed E-state index contributed by atoms with van der Waals surface area (Å²) in [6.07, 6.45) is 5.60. The van der Waals surface area contributed by atoms with Crippen molar-refractivity contribution >= 4 is 23.3 Å². The Labute approximate surface area is 113 Å². The predicted octanol–water partition coefficient (Wildman–Crippen LogP) is 0.813. The van der Waals surface area contributed by atoms with Gasteiger partial charge >= 0.3 is 0 Å². The average Bonchev–Trinajstić information content (AvgIpc) is 2.36. The summed E-state index contributed by atoms with van der Waals surface area (Å²) in [7, 11) is 0. The first-order valence-corrected chi connectivity index (χ1v) is 6.37. The van der Waals surface area contributed by atoms with Gasteiger partial charge in [-0.15, -0.1) is 0 Å². The number of aryl methyl sites for hydroxylation is 1. The minimum atomic E-state index is 0.351. The lowest BCUT2D eigenvalue weighted by Crippen LogP contribution is -2.43. The molecule has 0 saturated heterocycles. The molecule has 0 radical (unpaired) electrons. The summed E-state index contributed by atoms with van der Waals surface area (Å²) in [5.41, 5.74) is 6.86. The maximum atomic E-state index is 5.58. The van der Waals surface area contributed by atoms with Crippen LogP contribution in [0.25, 0.3) is 0 Å². The van der Waals surface area contributed by atoms with Gasteiger partial charge in [0.1, 0.15) is 0 Å². The van der Waals surface area contributed by atoms with Gasteiger partial charge in [0.15, 0.2) is 11.1 Å². The normalized spacial score (nSPS) is 11.1. The van der Waals surface area contributed by atoms with E-state index in [2.05, 4.69) is 20.6 Å². The summed E-state index contributed by atoms with van der Waals surface area (Å²) in [5.74, 6) is 0.351. The highest BCUT2D eigenvalue weighted by atomic mass is 32.1. The van der Waals surface area contributed by atoms with Crippen LogP contribution in [0.1, 0.15) is 18.9 Å². The van der Waals surface area contributed by atoms with Crippen LogP contribution >= 0.6 is 12.2 Å². The molecule has 0 amide bonds. The van der Waals surface area contributed by atoms with Crippen LogP contribution in [0, 0.1) is 0 Å². The Bertz CT molecular complexity index is 391. The van der Waals surface area contributed by atoms with Crippen LogP contribution in [0.15, 0.2) is 29.5 Å². The van der Waals surface area contributed by atoms with Gasteiger partial charge in [-0.05, 0) is 49.7 Å². The molecule has 18 heavy (non-hydrogen) atoms. The van der Waals surface area contributed by atoms with Gasteiger partial charge in [-0.2, -0.15) is 0 Å². The lowest BCUT2D eigenvalue weighted by atomic mass is 10.1. The van der Waals surface area contributed by atoms with E-state index in [1.165, 1.54) is 5.56 Å². The van der Waals surface area contributed by atoms with Gasteiger partial charge in [0, 0.05) is 25.5 Å². The van der Waals surface area contributed by atoms with E-state index in [1.807, 2.05) is 19.1 Å². The Morgan fingerprint density at radius 3 is 2.83 bits per heavy atom. The van der Waals surface area contributed by atoms with E-state index in [0.717, 1.165) is 19.4 Å². The van der Waals surface area contributed by atoms with Crippen LogP contribution in [-0.2, 0) is 6.42 Å². The second-order valence-corrected chi connectivity index (χ2v) is 4.11. The summed E-state index contributed by atoms with van der Waals surface area (Å²) in [6, 6.07) is 4.03. The van der Waals surface area contributed by atoms with Crippen molar-refractivity contribution in [3.8, 4) is 0 Å². The van der Waals surface area contributed by atoms with E-state index in [-0.39, 0.29) is 0 Å². The van der Waals surface area contributed by atoms with Gasteiger partial charge in [0.2, 0.25) is 0 Å². The van der Waals surface area contributed by atoms with Crippen LogP contribution in [-0.4, -0.2) is 29.1 Å². The minimum Gasteiger partial charge on any atom is -0.370 e. The summed E-state index contributed by atoms with van der Waals surface area (Å²) in [6.45, 7) is 3.36. The zero-order chi connectivity index (χ0) is 13.2. The first-order chi connectivity index (χ1) is 8.72. The maximum Gasteiger partial charge on any atom is 0.194 e. The van der Waals surface area contributed by atoms with Crippen LogP contribution in [0.4, 0.5) is 0 Å². The Morgan fingerprint density at radius 1 is 1.44 bits per heavy atom. The maximum absolute atomic E-state index is 5.58. The Hall–Kier alpha value is -1.69. The zero-order valence-corrected chi connectivity index (χ0v) is 11.3. The summed E-state index contributed by atoms with van der Waals surface area (Å²) in [4.78, 5) is 7.97. The van der Waals surface area contributed by atoms with E-state index in [4.69, 9.17) is 18.0 Å². The van der Waals surface area contributed by atoms with Crippen molar-refractivity contribution < 1.29 is 0 Å². The molecule has 4 N–H and O–H groups in total. The number of thiocarbonyl (C=S) groups is 1. The minimum absolute atomic E-state index is 0.351. The fraction of sp³-hybridized carbons (Fsp3) is 0.417. The highest BCUT2D eigenvalue weighted by molar-refractivity contribution is 7.80. The standard InChI is InChI=1S/C12H19N5S/c1-2-15-11(13)17-12(18)16-7-3-4-10-5-8-14-9-6-10/h5-6,8-9H,2-4,7H2,1H3,(H4,13,15,16,17,18). The molecule has 0 aliphatic carbocycles. The Morgan fingerprint density at radius 2 is 2.17 bits per heavy atom. The van der Waals surface area contributed by atoms with Crippen LogP contribution in [0.2, 0.25) is 0 Å². The molecule has 1 rings (SSSR count). The number of hydrogen-bond acceptors (Lipinski definition) is 3. The molecule has 6 heteroatoms. The Kier molecular flexibility index (Phi) is 6.71. The molecule has 0 unspecified atom stereocenters. The molecule has 1 aromatic heterocycles. The van der Waals surface area contributed by atoms with Crippen molar-refractivity contribution in [2.45, 2.75) is 19.8 Å². The molecule has 0 bridgehead atoms. The first kappa shape index (κ1) is 14.4. The number of nitrogens with one attached hydrogen (secondary N) is 2. The molecule has 0 aliphatic heterocycles. The quantitative estimate of drug-likeness (QED) is 0.318. The van der Waals surface area contributed by atoms with Crippen molar-refractivity contribution in [1.29, 1.82) is 0 Å². The Balaban J connectivity index is 2.14. The number of rotatable bonds is 5. The average molecular weight is 265 g/mol. The molecular formula is C12H19N5S. The van der Waals surface area contributed by atoms with Crippen LogP contribution in [0.3, 0.4) is 0 Å². The highest BCUT2D eigenvalue weighted by Gasteiger charge is 1.97. The van der Waals surface area contributed by atoms with Crippen LogP contribution < -0.4 is 16.4 Å². The van der Waals surface area contributed by atoms with Crippen LogP contribution in [0.5, 0.6) is 0 Å². The number of pyridine rings is 1. The lowest BCUT2D eigenvalue weighted by molar-refractivity contribution is 0.770. The second-order valence-electron chi connectivity index (χ2n) is 3.70. The van der Waals surface area contributed by atoms with Crippen molar-refractivity contribution in [3.63, 3.8) is 0 Å². The molecule has 0 fully saturated rings. The third-order valence-corrected chi connectivity index (χ3v) is 2.49. The van der Waals surface area contributed by atoms with Gasteiger partial charge in [-0.25, -0.2) is 0 Å². The van der Waals surface area contributed by atoms with Gasteiger partial charge in [-0.1, -0.05) is 0 Å². The smallest absolute Gasteiger partial charge is 0.194 e. The molecule has 98 valence electrons. The third-order valence-electron chi connectivity index (χ3n) is 2.25. The van der Waals surface area contributed by atoms with Crippen molar-refractivity contribution in [2.24, 2.45) is 10.7 Å². The summed E-state index contributed by atoms with van der Waals surface area (Å²) in [5, 5.41) is 6.42. The molecule has 0 atom stereocenters. The summed E-state index contributed by atoms with van der Waals surface area (Å²) < 4.78 is 0. The SMILES string of the molecule is CCN=C(N)NC(=S)NCCCc1ccncc1. The second kappa shape index (κ2) is 8.41. The number of aromatic nitrogens is 1. The van der Waals surface area contributed by atoms with Crippen molar-refractivity contribution in [2.75, 3.05) is 13.1 Å². The van der Waals surface area contributed by atoms with E-state index in [9.17, 15) is 0 Å². The van der Waals surface area contributed by atoms with E-state index >= 15 is 0 Å². The first-order valence-electron chi connectivity index (χ1n) is 5.96. The molecular weight excluding hydrogens is 246 g/mol. The third kappa shape index (κ3) is 6.15. The number of hydrogen-bond donors (Lipinski definition) is 3. The fourth-order valence-corrected chi connectivity index (χ4v) is 1.62. The molecule has 1 heterocycles. The van der Waals surface area contributed by atoms with E-state index in [0.29, 0.717) is 17.6 Å².